The Kier molecular flexibility index (Phi) is 5.04. The zero-order valence-electron chi connectivity index (χ0n) is 13.7. The average molecular weight is 293 g/mol. The standard InChI is InChI=1S/C16H27N3O2/c1-5-15(20)19-8-6-7-18(9-10-19)12-14-17-11-13(21-14)16(2,3)4/h11H,5-10,12H2,1-4H3. The maximum atomic E-state index is 11.8. The van der Waals surface area contributed by atoms with Gasteiger partial charge in [-0.1, -0.05) is 27.7 Å². The van der Waals surface area contributed by atoms with Crippen LogP contribution in [-0.2, 0) is 16.8 Å². The molecule has 1 saturated heterocycles. The Bertz CT molecular complexity index is 476. The summed E-state index contributed by atoms with van der Waals surface area (Å²) in [6.45, 7) is 12.6. The molecule has 0 unspecified atom stereocenters. The van der Waals surface area contributed by atoms with Crippen molar-refractivity contribution in [2.45, 2.75) is 52.5 Å². The number of aromatic nitrogens is 1. The second-order valence-corrected chi connectivity index (χ2v) is 6.73. The molecule has 1 aromatic heterocycles. The lowest BCUT2D eigenvalue weighted by atomic mass is 9.94. The van der Waals surface area contributed by atoms with Crippen LogP contribution in [0.1, 0.15) is 52.2 Å². The summed E-state index contributed by atoms with van der Waals surface area (Å²) >= 11 is 0. The minimum atomic E-state index is -0.00557. The van der Waals surface area contributed by atoms with Crippen molar-refractivity contribution < 1.29 is 9.21 Å². The van der Waals surface area contributed by atoms with E-state index in [2.05, 4.69) is 30.7 Å². The van der Waals surface area contributed by atoms with E-state index in [1.54, 1.807) is 0 Å². The summed E-state index contributed by atoms with van der Waals surface area (Å²) in [5, 5.41) is 0. The molecule has 0 bridgehead atoms. The molecule has 0 radical (unpaired) electrons. The van der Waals surface area contributed by atoms with Crippen LogP contribution in [0.15, 0.2) is 10.6 Å². The van der Waals surface area contributed by atoms with Crippen LogP contribution < -0.4 is 0 Å². The highest BCUT2D eigenvalue weighted by molar-refractivity contribution is 5.75. The third kappa shape index (κ3) is 4.30. The monoisotopic (exact) mass is 293 g/mol. The molecule has 1 aliphatic heterocycles. The zero-order valence-corrected chi connectivity index (χ0v) is 13.7. The van der Waals surface area contributed by atoms with E-state index in [4.69, 9.17) is 4.42 Å². The highest BCUT2D eigenvalue weighted by Gasteiger charge is 2.22. The molecule has 118 valence electrons. The average Bonchev–Trinajstić information content (AvgIpc) is 2.77. The van der Waals surface area contributed by atoms with Gasteiger partial charge >= 0.3 is 0 Å². The quantitative estimate of drug-likeness (QED) is 0.859. The van der Waals surface area contributed by atoms with Crippen molar-refractivity contribution in [1.29, 1.82) is 0 Å². The molecular formula is C16H27N3O2. The molecule has 0 aromatic carbocycles. The van der Waals surface area contributed by atoms with Gasteiger partial charge in [0.15, 0.2) is 0 Å². The molecule has 5 nitrogen and oxygen atoms in total. The molecule has 1 amide bonds. The van der Waals surface area contributed by atoms with Gasteiger partial charge < -0.3 is 9.32 Å². The van der Waals surface area contributed by atoms with E-state index in [1.165, 1.54) is 0 Å². The van der Waals surface area contributed by atoms with Gasteiger partial charge in [0.1, 0.15) is 5.76 Å². The normalized spacial score (nSPS) is 17.8. The number of hydrogen-bond acceptors (Lipinski definition) is 4. The first-order chi connectivity index (χ1) is 9.90. The first-order valence-electron chi connectivity index (χ1n) is 7.85. The maximum absolute atomic E-state index is 11.8. The molecular weight excluding hydrogens is 266 g/mol. The second kappa shape index (κ2) is 6.60. The Morgan fingerprint density at radius 2 is 2.05 bits per heavy atom. The fraction of sp³-hybridized carbons (Fsp3) is 0.750. The van der Waals surface area contributed by atoms with Crippen molar-refractivity contribution in [3.05, 3.63) is 17.8 Å². The minimum absolute atomic E-state index is 0.00557. The lowest BCUT2D eigenvalue weighted by molar-refractivity contribution is -0.130. The Morgan fingerprint density at radius 1 is 1.29 bits per heavy atom. The largest absolute Gasteiger partial charge is 0.444 e. The van der Waals surface area contributed by atoms with E-state index in [1.807, 2.05) is 18.0 Å². The SMILES string of the molecule is CCC(=O)N1CCCN(Cc2ncc(C(C)(C)C)o2)CC1. The second-order valence-electron chi connectivity index (χ2n) is 6.73. The van der Waals surface area contributed by atoms with Crippen molar-refractivity contribution in [2.24, 2.45) is 0 Å². The summed E-state index contributed by atoms with van der Waals surface area (Å²) in [5.41, 5.74) is -0.00557. The number of carbonyl (C=O) groups is 1. The topological polar surface area (TPSA) is 49.6 Å². The number of oxazole rings is 1. The van der Waals surface area contributed by atoms with Gasteiger partial charge in [-0.25, -0.2) is 4.98 Å². The third-order valence-corrected chi connectivity index (χ3v) is 3.90. The summed E-state index contributed by atoms with van der Waals surface area (Å²) in [5.74, 6) is 1.95. The number of hydrogen-bond donors (Lipinski definition) is 0. The fourth-order valence-corrected chi connectivity index (χ4v) is 2.52. The zero-order chi connectivity index (χ0) is 15.5. The molecule has 0 aliphatic carbocycles. The predicted octanol–water partition coefficient (Wildman–Crippen LogP) is 2.42. The van der Waals surface area contributed by atoms with E-state index in [9.17, 15) is 4.79 Å². The lowest BCUT2D eigenvalue weighted by Gasteiger charge is -2.20. The van der Waals surface area contributed by atoms with E-state index >= 15 is 0 Å². The molecule has 21 heavy (non-hydrogen) atoms. The van der Waals surface area contributed by atoms with Gasteiger partial charge in [-0.2, -0.15) is 0 Å². The Balaban J connectivity index is 1.92. The molecule has 1 fully saturated rings. The molecule has 0 saturated carbocycles. The van der Waals surface area contributed by atoms with Gasteiger partial charge in [0.05, 0.1) is 12.7 Å². The van der Waals surface area contributed by atoms with Crippen molar-refractivity contribution in [2.75, 3.05) is 26.2 Å². The number of amides is 1. The molecule has 0 spiro atoms. The van der Waals surface area contributed by atoms with Crippen molar-refractivity contribution in [1.82, 2.24) is 14.8 Å². The lowest BCUT2D eigenvalue weighted by Crippen LogP contribution is -2.34. The highest BCUT2D eigenvalue weighted by Crippen LogP contribution is 2.23. The Hall–Kier alpha value is -1.36. The Morgan fingerprint density at radius 3 is 2.67 bits per heavy atom. The van der Waals surface area contributed by atoms with Crippen LogP contribution in [0.3, 0.4) is 0 Å². The first-order valence-corrected chi connectivity index (χ1v) is 7.85. The highest BCUT2D eigenvalue weighted by atomic mass is 16.4. The summed E-state index contributed by atoms with van der Waals surface area (Å²) in [4.78, 5) is 20.5. The molecule has 0 N–H and O–H groups in total. The number of carbonyl (C=O) groups excluding carboxylic acids is 1. The summed E-state index contributed by atoms with van der Waals surface area (Å²) in [7, 11) is 0. The van der Waals surface area contributed by atoms with E-state index in [-0.39, 0.29) is 11.3 Å². The van der Waals surface area contributed by atoms with Gasteiger partial charge in [0, 0.05) is 38.0 Å². The number of rotatable bonds is 3. The molecule has 2 heterocycles. The molecule has 5 heteroatoms. The van der Waals surface area contributed by atoms with Crippen LogP contribution in [-0.4, -0.2) is 46.9 Å². The van der Waals surface area contributed by atoms with Gasteiger partial charge in [-0.3, -0.25) is 9.69 Å². The Labute approximate surface area is 127 Å². The van der Waals surface area contributed by atoms with E-state index in [0.717, 1.165) is 50.8 Å². The molecule has 1 aromatic rings. The van der Waals surface area contributed by atoms with Crippen molar-refractivity contribution in [3.63, 3.8) is 0 Å². The van der Waals surface area contributed by atoms with Gasteiger partial charge in [-0.05, 0) is 6.42 Å². The molecule has 0 atom stereocenters. The van der Waals surface area contributed by atoms with Crippen LogP contribution in [0.4, 0.5) is 0 Å². The summed E-state index contributed by atoms with van der Waals surface area (Å²) in [6.07, 6.45) is 3.44. The summed E-state index contributed by atoms with van der Waals surface area (Å²) in [6, 6.07) is 0. The van der Waals surface area contributed by atoms with Crippen molar-refractivity contribution in [3.8, 4) is 0 Å². The van der Waals surface area contributed by atoms with E-state index < -0.39 is 0 Å². The maximum Gasteiger partial charge on any atom is 0.222 e. The van der Waals surface area contributed by atoms with Crippen molar-refractivity contribution >= 4 is 5.91 Å². The van der Waals surface area contributed by atoms with Gasteiger partial charge in [-0.15, -0.1) is 0 Å². The minimum Gasteiger partial charge on any atom is -0.444 e. The van der Waals surface area contributed by atoms with Crippen LogP contribution in [0.2, 0.25) is 0 Å². The first kappa shape index (κ1) is 16.0. The van der Waals surface area contributed by atoms with Crippen LogP contribution in [0.5, 0.6) is 0 Å². The third-order valence-electron chi connectivity index (χ3n) is 3.90. The summed E-state index contributed by atoms with van der Waals surface area (Å²) < 4.78 is 5.85. The van der Waals surface area contributed by atoms with E-state index in [0.29, 0.717) is 6.42 Å². The van der Waals surface area contributed by atoms with Gasteiger partial charge in [0.25, 0.3) is 0 Å². The molecule has 2 rings (SSSR count). The molecule has 1 aliphatic rings. The number of nitrogens with zero attached hydrogens (tertiary/aromatic N) is 3. The van der Waals surface area contributed by atoms with Crippen LogP contribution in [0.25, 0.3) is 0 Å². The van der Waals surface area contributed by atoms with Gasteiger partial charge in [0.2, 0.25) is 11.8 Å². The smallest absolute Gasteiger partial charge is 0.222 e. The predicted molar refractivity (Wildman–Crippen MR) is 82.0 cm³/mol. The van der Waals surface area contributed by atoms with Crippen LogP contribution >= 0.6 is 0 Å². The fourth-order valence-electron chi connectivity index (χ4n) is 2.52. The van der Waals surface area contributed by atoms with Crippen LogP contribution in [0, 0.1) is 0 Å².